The molecule has 2 aliphatic heterocycles. The molecule has 0 radical (unpaired) electrons. The summed E-state index contributed by atoms with van der Waals surface area (Å²) in [6, 6.07) is 14.5. The molecule has 0 unspecified atom stereocenters. The molecular formula is C27H38N6. The summed E-state index contributed by atoms with van der Waals surface area (Å²) >= 11 is 0. The average Bonchev–Trinajstić information content (AvgIpc) is 3.29. The van der Waals surface area contributed by atoms with Gasteiger partial charge in [-0.15, -0.1) is 0 Å². The third kappa shape index (κ3) is 5.40. The zero-order chi connectivity index (χ0) is 22.6. The Hall–Kier alpha value is -2.41. The Balaban J connectivity index is 1.09. The van der Waals surface area contributed by atoms with Crippen molar-refractivity contribution in [1.29, 1.82) is 0 Å². The van der Waals surface area contributed by atoms with Crippen LogP contribution >= 0.6 is 0 Å². The molecule has 2 aromatic heterocycles. The van der Waals surface area contributed by atoms with Crippen molar-refractivity contribution >= 4 is 16.6 Å². The maximum Gasteiger partial charge on any atom is 0.0489 e. The molecular weight excluding hydrogens is 408 g/mol. The van der Waals surface area contributed by atoms with Gasteiger partial charge >= 0.3 is 0 Å². The Morgan fingerprint density at radius 2 is 1.85 bits per heavy atom. The van der Waals surface area contributed by atoms with E-state index in [1.54, 1.807) is 0 Å². The summed E-state index contributed by atoms with van der Waals surface area (Å²) in [6.45, 7) is 14.0. The van der Waals surface area contributed by atoms with Crippen LogP contribution in [0.1, 0.15) is 26.7 Å². The van der Waals surface area contributed by atoms with Crippen molar-refractivity contribution in [3.05, 3.63) is 48.8 Å². The van der Waals surface area contributed by atoms with Crippen LogP contribution in [0.15, 0.2) is 48.8 Å². The quantitative estimate of drug-likeness (QED) is 0.578. The van der Waals surface area contributed by atoms with Crippen molar-refractivity contribution in [2.24, 2.45) is 0 Å². The van der Waals surface area contributed by atoms with Crippen LogP contribution in [-0.2, 0) is 0 Å². The molecule has 2 fully saturated rings. The molecule has 3 aromatic rings. The number of rotatable bonds is 7. The number of hydrogen-bond acceptors (Lipinski definition) is 5. The Kier molecular flexibility index (Phi) is 6.95. The molecule has 6 heteroatoms. The summed E-state index contributed by atoms with van der Waals surface area (Å²) in [7, 11) is 0. The highest BCUT2D eigenvalue weighted by atomic mass is 15.3. The van der Waals surface area contributed by atoms with Crippen LogP contribution in [0.2, 0.25) is 0 Å². The molecule has 0 bridgehead atoms. The van der Waals surface area contributed by atoms with Crippen molar-refractivity contribution in [2.75, 3.05) is 57.3 Å². The molecule has 2 N–H and O–H groups in total. The highest BCUT2D eigenvalue weighted by molar-refractivity contribution is 5.85. The van der Waals surface area contributed by atoms with E-state index in [-0.39, 0.29) is 0 Å². The second-order valence-corrected chi connectivity index (χ2v) is 9.88. The summed E-state index contributed by atoms with van der Waals surface area (Å²) in [6.07, 6.45) is 6.18. The monoisotopic (exact) mass is 446 g/mol. The van der Waals surface area contributed by atoms with Gasteiger partial charge in [0.1, 0.15) is 0 Å². The van der Waals surface area contributed by atoms with Gasteiger partial charge in [-0.1, -0.05) is 12.1 Å². The Morgan fingerprint density at radius 3 is 2.61 bits per heavy atom. The van der Waals surface area contributed by atoms with Gasteiger partial charge in [0.05, 0.1) is 0 Å². The second kappa shape index (κ2) is 10.2. The van der Waals surface area contributed by atoms with Gasteiger partial charge in [-0.2, -0.15) is 0 Å². The number of piperazine rings is 1. The largest absolute Gasteiger partial charge is 0.371 e. The maximum atomic E-state index is 4.24. The molecule has 5 rings (SSSR count). The number of nitrogens with one attached hydrogen (secondary N) is 2. The van der Waals surface area contributed by atoms with E-state index in [1.165, 1.54) is 56.8 Å². The van der Waals surface area contributed by atoms with Crippen LogP contribution in [0.3, 0.4) is 0 Å². The zero-order valence-electron chi connectivity index (χ0n) is 20.1. The topological polar surface area (TPSA) is 50.4 Å². The van der Waals surface area contributed by atoms with E-state index in [2.05, 4.69) is 74.2 Å². The van der Waals surface area contributed by atoms with E-state index >= 15 is 0 Å². The number of nitrogens with zero attached hydrogens (tertiary/aromatic N) is 4. The molecule has 0 saturated carbocycles. The van der Waals surface area contributed by atoms with E-state index < -0.39 is 0 Å². The standard InChI is InChI=1S/C27H38N6/c1-21(2)32-16-14-31(15-17-32)13-10-29-24-7-11-33(12-8-24)25-5-3-4-22(18-25)27-19-23-20-28-9-6-26(23)30-27/h3-6,9,18-21,24,29-30H,7-8,10-17H2,1-2H3. The predicted molar refractivity (Wildman–Crippen MR) is 138 cm³/mol. The fourth-order valence-corrected chi connectivity index (χ4v) is 5.27. The highest BCUT2D eigenvalue weighted by Gasteiger charge is 2.21. The maximum absolute atomic E-state index is 4.24. The molecule has 2 saturated heterocycles. The first-order chi connectivity index (χ1) is 16.2. The second-order valence-electron chi connectivity index (χ2n) is 9.88. The number of anilines is 1. The fourth-order valence-electron chi connectivity index (χ4n) is 5.27. The Labute approximate surface area is 198 Å². The summed E-state index contributed by atoms with van der Waals surface area (Å²) in [4.78, 5) is 15.5. The van der Waals surface area contributed by atoms with E-state index in [0.717, 1.165) is 36.2 Å². The van der Waals surface area contributed by atoms with E-state index in [0.29, 0.717) is 12.1 Å². The molecule has 176 valence electrons. The average molecular weight is 447 g/mol. The fraction of sp³-hybridized carbons (Fsp3) is 0.519. The number of piperidine rings is 1. The van der Waals surface area contributed by atoms with E-state index in [1.807, 2.05) is 18.5 Å². The summed E-state index contributed by atoms with van der Waals surface area (Å²) < 4.78 is 0. The van der Waals surface area contributed by atoms with Crippen molar-refractivity contribution in [1.82, 2.24) is 25.1 Å². The number of fused-ring (bicyclic) bond motifs is 1. The van der Waals surface area contributed by atoms with Crippen molar-refractivity contribution in [3.8, 4) is 11.3 Å². The molecule has 33 heavy (non-hydrogen) atoms. The molecule has 4 heterocycles. The molecule has 0 amide bonds. The van der Waals surface area contributed by atoms with Crippen LogP contribution in [-0.4, -0.2) is 84.2 Å². The predicted octanol–water partition coefficient (Wildman–Crippen LogP) is 3.81. The molecule has 1 aromatic carbocycles. The molecule has 0 aliphatic carbocycles. The SMILES string of the molecule is CC(C)N1CCN(CCNC2CCN(c3cccc(-c4cc5cnccc5[nH]4)c3)CC2)CC1. The van der Waals surface area contributed by atoms with Gasteiger partial charge in [-0.25, -0.2) is 0 Å². The van der Waals surface area contributed by atoms with Crippen molar-refractivity contribution in [3.63, 3.8) is 0 Å². The van der Waals surface area contributed by atoms with E-state index in [4.69, 9.17) is 0 Å². The molecule has 6 nitrogen and oxygen atoms in total. The normalized spacial score (nSPS) is 19.1. The lowest BCUT2D eigenvalue weighted by Crippen LogP contribution is -2.51. The van der Waals surface area contributed by atoms with Crippen molar-refractivity contribution < 1.29 is 0 Å². The van der Waals surface area contributed by atoms with Crippen molar-refractivity contribution in [2.45, 2.75) is 38.8 Å². The molecule has 2 aliphatic rings. The molecule has 0 spiro atoms. The van der Waals surface area contributed by atoms with Crippen LogP contribution < -0.4 is 10.2 Å². The summed E-state index contributed by atoms with van der Waals surface area (Å²) in [5, 5.41) is 4.99. The van der Waals surface area contributed by atoms with E-state index in [9.17, 15) is 0 Å². The number of pyridine rings is 1. The third-order valence-electron chi connectivity index (χ3n) is 7.44. The first kappa shape index (κ1) is 22.4. The lowest BCUT2D eigenvalue weighted by Gasteiger charge is -2.37. The number of H-pyrrole nitrogens is 1. The Morgan fingerprint density at radius 1 is 1.03 bits per heavy atom. The minimum atomic E-state index is 0.641. The summed E-state index contributed by atoms with van der Waals surface area (Å²) in [5.74, 6) is 0. The van der Waals surface area contributed by atoms with Crippen LogP contribution in [0.4, 0.5) is 5.69 Å². The minimum Gasteiger partial charge on any atom is -0.371 e. The van der Waals surface area contributed by atoms with Gasteiger partial charge in [0, 0.05) is 105 Å². The number of aromatic nitrogens is 2. The number of hydrogen-bond donors (Lipinski definition) is 2. The highest BCUT2D eigenvalue weighted by Crippen LogP contribution is 2.28. The van der Waals surface area contributed by atoms with Gasteiger partial charge < -0.3 is 15.2 Å². The van der Waals surface area contributed by atoms with Gasteiger partial charge in [0.2, 0.25) is 0 Å². The number of benzene rings is 1. The van der Waals surface area contributed by atoms with Crippen LogP contribution in [0.25, 0.3) is 22.2 Å². The molecule has 0 atom stereocenters. The Bertz CT molecular complexity index is 995. The van der Waals surface area contributed by atoms with Gasteiger partial charge in [-0.05, 0) is 51.0 Å². The smallest absolute Gasteiger partial charge is 0.0489 e. The lowest BCUT2D eigenvalue weighted by atomic mass is 10.0. The summed E-state index contributed by atoms with van der Waals surface area (Å²) in [5.41, 5.74) is 4.86. The zero-order valence-corrected chi connectivity index (χ0v) is 20.1. The third-order valence-corrected chi connectivity index (χ3v) is 7.44. The van der Waals surface area contributed by atoms with Gasteiger partial charge in [-0.3, -0.25) is 14.8 Å². The first-order valence-electron chi connectivity index (χ1n) is 12.6. The lowest BCUT2D eigenvalue weighted by molar-refractivity contribution is 0.108. The van der Waals surface area contributed by atoms with Crippen LogP contribution in [0, 0.1) is 0 Å². The van der Waals surface area contributed by atoms with Crippen LogP contribution in [0.5, 0.6) is 0 Å². The first-order valence-corrected chi connectivity index (χ1v) is 12.6. The number of aromatic amines is 1. The van der Waals surface area contributed by atoms with Gasteiger partial charge in [0.25, 0.3) is 0 Å². The minimum absolute atomic E-state index is 0.641. The van der Waals surface area contributed by atoms with Gasteiger partial charge in [0.15, 0.2) is 0 Å².